The summed E-state index contributed by atoms with van der Waals surface area (Å²) in [6, 6.07) is 24.5. The molecule has 6 nitrogen and oxygen atoms in total. The highest BCUT2D eigenvalue weighted by Gasteiger charge is 2.14. The standard InChI is InChI=1S/C28H33N3O3/c1-3-18-31(19-4-2)28(33)23-14-16-24(17-15-23)29-20-27(32)30-25-12-8-9-13-26(25)34-21-22-10-6-5-7-11-22/h5-17,29H,3-4,18-21H2,1-2H3,(H,30,32). The number of hydrogen-bond donors (Lipinski definition) is 2. The van der Waals surface area contributed by atoms with E-state index in [1.807, 2.05) is 71.6 Å². The molecule has 0 heterocycles. The number of carbonyl (C=O) groups excluding carboxylic acids is 2. The molecule has 0 unspecified atom stereocenters. The highest BCUT2D eigenvalue weighted by Crippen LogP contribution is 2.24. The van der Waals surface area contributed by atoms with E-state index in [0.29, 0.717) is 23.6 Å². The number of hydrogen-bond acceptors (Lipinski definition) is 4. The maximum atomic E-state index is 12.7. The Hall–Kier alpha value is -3.80. The van der Waals surface area contributed by atoms with Crippen molar-refractivity contribution < 1.29 is 14.3 Å². The average molecular weight is 460 g/mol. The van der Waals surface area contributed by atoms with E-state index in [1.165, 1.54) is 0 Å². The number of nitrogens with zero attached hydrogens (tertiary/aromatic N) is 1. The predicted octanol–water partition coefficient (Wildman–Crippen LogP) is 5.58. The Bertz CT molecular complexity index is 1050. The molecule has 3 aromatic carbocycles. The number of para-hydroxylation sites is 2. The van der Waals surface area contributed by atoms with Crippen molar-refractivity contribution in [1.82, 2.24) is 4.90 Å². The number of nitrogens with one attached hydrogen (secondary N) is 2. The smallest absolute Gasteiger partial charge is 0.253 e. The van der Waals surface area contributed by atoms with Crippen LogP contribution in [0.4, 0.5) is 11.4 Å². The minimum atomic E-state index is -0.187. The fraction of sp³-hybridized carbons (Fsp3) is 0.286. The third-order valence-electron chi connectivity index (χ3n) is 5.26. The van der Waals surface area contributed by atoms with Crippen molar-refractivity contribution in [2.45, 2.75) is 33.3 Å². The molecular weight excluding hydrogens is 426 g/mol. The van der Waals surface area contributed by atoms with Gasteiger partial charge in [0.2, 0.25) is 5.91 Å². The predicted molar refractivity (Wildman–Crippen MR) is 137 cm³/mol. The van der Waals surface area contributed by atoms with Gasteiger partial charge in [0.1, 0.15) is 12.4 Å². The number of ether oxygens (including phenoxy) is 1. The van der Waals surface area contributed by atoms with Crippen LogP contribution in [0.15, 0.2) is 78.9 Å². The summed E-state index contributed by atoms with van der Waals surface area (Å²) in [6.07, 6.45) is 1.86. The first-order valence-electron chi connectivity index (χ1n) is 11.8. The second-order valence-electron chi connectivity index (χ2n) is 8.04. The maximum absolute atomic E-state index is 12.7. The molecule has 0 saturated carbocycles. The summed E-state index contributed by atoms with van der Waals surface area (Å²) in [7, 11) is 0. The van der Waals surface area contributed by atoms with Crippen LogP contribution in [0.3, 0.4) is 0 Å². The summed E-state index contributed by atoms with van der Waals surface area (Å²) in [5.74, 6) is 0.472. The minimum absolute atomic E-state index is 0.0418. The monoisotopic (exact) mass is 459 g/mol. The second kappa shape index (κ2) is 13.0. The number of anilines is 2. The van der Waals surface area contributed by atoms with E-state index in [-0.39, 0.29) is 18.4 Å². The fourth-order valence-corrected chi connectivity index (χ4v) is 3.58. The van der Waals surface area contributed by atoms with Gasteiger partial charge in [-0.05, 0) is 54.8 Å². The number of rotatable bonds is 12. The summed E-state index contributed by atoms with van der Waals surface area (Å²) in [5.41, 5.74) is 3.11. The van der Waals surface area contributed by atoms with E-state index in [9.17, 15) is 9.59 Å². The zero-order valence-corrected chi connectivity index (χ0v) is 19.9. The van der Waals surface area contributed by atoms with Gasteiger partial charge in [0.15, 0.2) is 0 Å². The Morgan fingerprint density at radius 1 is 0.824 bits per heavy atom. The van der Waals surface area contributed by atoms with Gasteiger partial charge in [0.25, 0.3) is 5.91 Å². The van der Waals surface area contributed by atoms with Crippen LogP contribution >= 0.6 is 0 Å². The molecular formula is C28H33N3O3. The van der Waals surface area contributed by atoms with Crippen molar-refractivity contribution in [3.8, 4) is 5.75 Å². The molecule has 0 radical (unpaired) electrons. The van der Waals surface area contributed by atoms with Crippen molar-refractivity contribution in [3.05, 3.63) is 90.0 Å². The first kappa shape index (κ1) is 24.8. The molecule has 0 fully saturated rings. The third kappa shape index (κ3) is 7.37. The molecule has 0 aliphatic heterocycles. The van der Waals surface area contributed by atoms with Crippen molar-refractivity contribution in [2.24, 2.45) is 0 Å². The first-order chi connectivity index (χ1) is 16.6. The zero-order chi connectivity index (χ0) is 24.2. The molecule has 0 atom stereocenters. The van der Waals surface area contributed by atoms with Gasteiger partial charge in [-0.2, -0.15) is 0 Å². The molecule has 6 heteroatoms. The lowest BCUT2D eigenvalue weighted by Gasteiger charge is -2.21. The average Bonchev–Trinajstić information content (AvgIpc) is 2.87. The summed E-state index contributed by atoms with van der Waals surface area (Å²) in [4.78, 5) is 27.1. The molecule has 2 amide bonds. The largest absolute Gasteiger partial charge is 0.487 e. The van der Waals surface area contributed by atoms with Crippen LogP contribution in [0.2, 0.25) is 0 Å². The third-order valence-corrected chi connectivity index (χ3v) is 5.26. The Balaban J connectivity index is 1.53. The van der Waals surface area contributed by atoms with Crippen molar-refractivity contribution >= 4 is 23.2 Å². The Morgan fingerprint density at radius 3 is 2.15 bits per heavy atom. The summed E-state index contributed by atoms with van der Waals surface area (Å²) >= 11 is 0. The van der Waals surface area contributed by atoms with Crippen LogP contribution in [0.1, 0.15) is 42.6 Å². The molecule has 178 valence electrons. The molecule has 3 rings (SSSR count). The van der Waals surface area contributed by atoms with E-state index in [2.05, 4.69) is 24.5 Å². The number of benzene rings is 3. The van der Waals surface area contributed by atoms with Gasteiger partial charge in [-0.1, -0.05) is 56.3 Å². The molecule has 0 aliphatic rings. The van der Waals surface area contributed by atoms with Gasteiger partial charge in [-0.3, -0.25) is 9.59 Å². The van der Waals surface area contributed by atoms with Crippen molar-refractivity contribution in [2.75, 3.05) is 30.3 Å². The van der Waals surface area contributed by atoms with Gasteiger partial charge >= 0.3 is 0 Å². The summed E-state index contributed by atoms with van der Waals surface area (Å²) in [6.45, 7) is 6.17. The van der Waals surface area contributed by atoms with E-state index in [1.54, 1.807) is 12.1 Å². The summed E-state index contributed by atoms with van der Waals surface area (Å²) in [5, 5.41) is 6.01. The topological polar surface area (TPSA) is 70.7 Å². The van der Waals surface area contributed by atoms with Crippen molar-refractivity contribution in [1.29, 1.82) is 0 Å². The minimum Gasteiger partial charge on any atom is -0.487 e. The molecule has 2 N–H and O–H groups in total. The first-order valence-corrected chi connectivity index (χ1v) is 11.8. The maximum Gasteiger partial charge on any atom is 0.253 e. The Kier molecular flexibility index (Phi) is 9.52. The van der Waals surface area contributed by atoms with Crippen LogP contribution in [-0.4, -0.2) is 36.3 Å². The molecule has 0 aromatic heterocycles. The normalized spacial score (nSPS) is 10.4. The molecule has 0 aliphatic carbocycles. The van der Waals surface area contributed by atoms with Gasteiger partial charge in [-0.25, -0.2) is 0 Å². The van der Waals surface area contributed by atoms with Crippen LogP contribution < -0.4 is 15.4 Å². The molecule has 3 aromatic rings. The van der Waals surface area contributed by atoms with E-state index < -0.39 is 0 Å². The zero-order valence-electron chi connectivity index (χ0n) is 19.9. The highest BCUT2D eigenvalue weighted by molar-refractivity contribution is 5.96. The molecule has 34 heavy (non-hydrogen) atoms. The molecule has 0 bridgehead atoms. The van der Waals surface area contributed by atoms with Crippen LogP contribution in [0.25, 0.3) is 0 Å². The van der Waals surface area contributed by atoms with Crippen LogP contribution in [-0.2, 0) is 11.4 Å². The van der Waals surface area contributed by atoms with Crippen molar-refractivity contribution in [3.63, 3.8) is 0 Å². The van der Waals surface area contributed by atoms with Gasteiger partial charge in [-0.15, -0.1) is 0 Å². The van der Waals surface area contributed by atoms with Gasteiger partial charge < -0.3 is 20.3 Å². The highest BCUT2D eigenvalue weighted by atomic mass is 16.5. The fourth-order valence-electron chi connectivity index (χ4n) is 3.58. The van der Waals surface area contributed by atoms with Crippen LogP contribution in [0, 0.1) is 0 Å². The quantitative estimate of drug-likeness (QED) is 0.371. The number of amides is 2. The Morgan fingerprint density at radius 2 is 1.47 bits per heavy atom. The van der Waals surface area contributed by atoms with Crippen LogP contribution in [0.5, 0.6) is 5.75 Å². The molecule has 0 saturated heterocycles. The van der Waals surface area contributed by atoms with Gasteiger partial charge in [0.05, 0.1) is 12.2 Å². The van der Waals surface area contributed by atoms with E-state index >= 15 is 0 Å². The lowest BCUT2D eigenvalue weighted by atomic mass is 10.1. The lowest BCUT2D eigenvalue weighted by Crippen LogP contribution is -2.32. The SMILES string of the molecule is CCCN(CCC)C(=O)c1ccc(NCC(=O)Nc2ccccc2OCc2ccccc2)cc1. The van der Waals surface area contributed by atoms with E-state index in [4.69, 9.17) is 4.74 Å². The summed E-state index contributed by atoms with van der Waals surface area (Å²) < 4.78 is 5.91. The van der Waals surface area contributed by atoms with E-state index in [0.717, 1.165) is 37.2 Å². The Labute approximate surface area is 201 Å². The van der Waals surface area contributed by atoms with Gasteiger partial charge in [0, 0.05) is 24.3 Å². The lowest BCUT2D eigenvalue weighted by molar-refractivity contribution is -0.114. The molecule has 0 spiro atoms. The second-order valence-corrected chi connectivity index (χ2v) is 8.04. The number of carbonyl (C=O) groups is 2.